The smallest absolute Gasteiger partial charge is 0.119 e. The number of benzene rings is 1. The van der Waals surface area contributed by atoms with E-state index in [4.69, 9.17) is 14.6 Å². The van der Waals surface area contributed by atoms with Gasteiger partial charge in [-0.3, -0.25) is 0 Å². The molecule has 18 heavy (non-hydrogen) atoms. The molecule has 0 saturated carbocycles. The van der Waals surface area contributed by atoms with Crippen molar-refractivity contribution in [3.05, 3.63) is 29.8 Å². The number of hydrogen-bond donors (Lipinski definition) is 2. The van der Waals surface area contributed by atoms with Gasteiger partial charge in [0.05, 0.1) is 26.4 Å². The fourth-order valence-corrected chi connectivity index (χ4v) is 1.41. The van der Waals surface area contributed by atoms with Crippen LogP contribution in [-0.4, -0.2) is 38.1 Å². The first-order chi connectivity index (χ1) is 8.36. The van der Waals surface area contributed by atoms with Crippen molar-refractivity contribution in [1.82, 2.24) is 5.32 Å². The number of hydrogen-bond acceptors (Lipinski definition) is 4. The van der Waals surface area contributed by atoms with Crippen LogP contribution in [0.2, 0.25) is 0 Å². The molecule has 0 aliphatic carbocycles. The van der Waals surface area contributed by atoms with Crippen LogP contribution in [-0.2, 0) is 11.3 Å². The molecule has 5 heteroatoms. The summed E-state index contributed by atoms with van der Waals surface area (Å²) in [5.74, 6) is 0.905. The van der Waals surface area contributed by atoms with E-state index in [0.717, 1.165) is 18.8 Å². The average Bonchev–Trinajstić information content (AvgIpc) is 2.36. The summed E-state index contributed by atoms with van der Waals surface area (Å²) in [7, 11) is 0. The number of ether oxygens (including phenoxy) is 2. The number of rotatable bonds is 9. The first kappa shape index (κ1) is 17.2. The molecule has 0 radical (unpaired) electrons. The van der Waals surface area contributed by atoms with E-state index < -0.39 is 0 Å². The second kappa shape index (κ2) is 11.3. The molecule has 0 aliphatic rings. The fraction of sp³-hybridized carbons (Fsp3) is 0.538. The summed E-state index contributed by atoms with van der Waals surface area (Å²) in [4.78, 5) is 0. The Kier molecular flexibility index (Phi) is 10.8. The van der Waals surface area contributed by atoms with Gasteiger partial charge in [0.2, 0.25) is 0 Å². The molecule has 0 unspecified atom stereocenters. The van der Waals surface area contributed by atoms with Crippen LogP contribution in [0.4, 0.5) is 0 Å². The second-order valence-corrected chi connectivity index (χ2v) is 3.59. The van der Waals surface area contributed by atoms with E-state index in [1.807, 2.05) is 31.2 Å². The van der Waals surface area contributed by atoms with Gasteiger partial charge in [-0.2, -0.15) is 0 Å². The van der Waals surface area contributed by atoms with E-state index in [0.29, 0.717) is 19.8 Å². The van der Waals surface area contributed by atoms with E-state index in [2.05, 4.69) is 5.32 Å². The third-order valence-corrected chi connectivity index (χ3v) is 2.22. The molecule has 1 aromatic carbocycles. The van der Waals surface area contributed by atoms with Crippen molar-refractivity contribution in [2.24, 2.45) is 0 Å². The third kappa shape index (κ3) is 7.50. The van der Waals surface area contributed by atoms with Crippen molar-refractivity contribution in [3.8, 4) is 5.75 Å². The number of aliphatic hydroxyl groups excluding tert-OH is 1. The summed E-state index contributed by atoms with van der Waals surface area (Å²) < 4.78 is 10.5. The van der Waals surface area contributed by atoms with Gasteiger partial charge >= 0.3 is 0 Å². The van der Waals surface area contributed by atoms with Gasteiger partial charge in [0.25, 0.3) is 0 Å². The maximum absolute atomic E-state index is 8.51. The minimum atomic E-state index is 0. The minimum absolute atomic E-state index is 0. The van der Waals surface area contributed by atoms with Crippen LogP contribution in [0.15, 0.2) is 24.3 Å². The molecule has 0 aliphatic heterocycles. The van der Waals surface area contributed by atoms with Gasteiger partial charge < -0.3 is 19.9 Å². The highest BCUT2D eigenvalue weighted by Gasteiger charge is 1.94. The number of nitrogens with one attached hydrogen (secondary N) is 1. The Bertz CT molecular complexity index is 293. The van der Waals surface area contributed by atoms with E-state index in [9.17, 15) is 0 Å². The minimum Gasteiger partial charge on any atom is -0.494 e. The van der Waals surface area contributed by atoms with Crippen molar-refractivity contribution in [1.29, 1.82) is 0 Å². The average molecular weight is 276 g/mol. The van der Waals surface area contributed by atoms with Gasteiger partial charge in [0.1, 0.15) is 5.75 Å². The number of halogens is 1. The summed E-state index contributed by atoms with van der Waals surface area (Å²) in [6.45, 7) is 5.38. The molecule has 104 valence electrons. The van der Waals surface area contributed by atoms with Crippen molar-refractivity contribution in [2.75, 3.05) is 33.0 Å². The van der Waals surface area contributed by atoms with Crippen molar-refractivity contribution >= 4 is 12.4 Å². The zero-order valence-corrected chi connectivity index (χ0v) is 11.5. The molecule has 0 bridgehead atoms. The summed E-state index contributed by atoms with van der Waals surface area (Å²) in [6.07, 6.45) is 0. The monoisotopic (exact) mass is 275 g/mol. The van der Waals surface area contributed by atoms with Crippen LogP contribution < -0.4 is 10.1 Å². The molecule has 4 nitrogen and oxygen atoms in total. The Hall–Kier alpha value is -0.810. The van der Waals surface area contributed by atoms with E-state index >= 15 is 0 Å². The molecule has 0 atom stereocenters. The van der Waals surface area contributed by atoms with Crippen LogP contribution >= 0.6 is 12.4 Å². The molecular weight excluding hydrogens is 254 g/mol. The van der Waals surface area contributed by atoms with Gasteiger partial charge in [0.15, 0.2) is 0 Å². The maximum atomic E-state index is 8.51. The van der Waals surface area contributed by atoms with E-state index in [1.165, 1.54) is 5.56 Å². The zero-order chi connectivity index (χ0) is 12.3. The van der Waals surface area contributed by atoms with Gasteiger partial charge in [-0.15, -0.1) is 12.4 Å². The normalized spacial score (nSPS) is 9.89. The Labute approximate surface area is 115 Å². The van der Waals surface area contributed by atoms with Crippen LogP contribution in [0.5, 0.6) is 5.75 Å². The standard InChI is InChI=1S/C13H21NO3.ClH/c1-2-17-13-5-3-12(4-6-13)11-14-7-9-16-10-8-15;/h3-6,14-15H,2,7-11H2,1H3;1H. The molecule has 0 aromatic heterocycles. The van der Waals surface area contributed by atoms with Crippen LogP contribution in [0, 0.1) is 0 Å². The number of aliphatic hydroxyl groups is 1. The molecule has 0 fully saturated rings. The summed E-state index contributed by atoms with van der Waals surface area (Å²) in [5.41, 5.74) is 1.22. The van der Waals surface area contributed by atoms with Gasteiger partial charge in [-0.25, -0.2) is 0 Å². The molecule has 0 heterocycles. The topological polar surface area (TPSA) is 50.7 Å². The second-order valence-electron chi connectivity index (χ2n) is 3.59. The van der Waals surface area contributed by atoms with Gasteiger partial charge in [-0.1, -0.05) is 12.1 Å². The lowest BCUT2D eigenvalue weighted by molar-refractivity contribution is 0.0938. The summed E-state index contributed by atoms with van der Waals surface area (Å²) in [6, 6.07) is 8.05. The predicted octanol–water partition coefficient (Wildman–Crippen LogP) is 1.61. The lowest BCUT2D eigenvalue weighted by Crippen LogP contribution is -2.19. The Balaban J connectivity index is 0.00000289. The molecule has 1 rings (SSSR count). The quantitative estimate of drug-likeness (QED) is 0.672. The van der Waals surface area contributed by atoms with Crippen LogP contribution in [0.25, 0.3) is 0 Å². The van der Waals surface area contributed by atoms with Crippen molar-refractivity contribution in [3.63, 3.8) is 0 Å². The Morgan fingerprint density at radius 2 is 1.89 bits per heavy atom. The maximum Gasteiger partial charge on any atom is 0.119 e. The highest BCUT2D eigenvalue weighted by Crippen LogP contribution is 2.11. The zero-order valence-electron chi connectivity index (χ0n) is 10.7. The highest BCUT2D eigenvalue weighted by molar-refractivity contribution is 5.85. The molecule has 1 aromatic rings. The predicted molar refractivity (Wildman–Crippen MR) is 74.5 cm³/mol. The largest absolute Gasteiger partial charge is 0.494 e. The molecule has 2 N–H and O–H groups in total. The Morgan fingerprint density at radius 1 is 1.17 bits per heavy atom. The van der Waals surface area contributed by atoms with Gasteiger partial charge in [0, 0.05) is 13.1 Å². The van der Waals surface area contributed by atoms with Gasteiger partial charge in [-0.05, 0) is 24.6 Å². The van der Waals surface area contributed by atoms with E-state index in [-0.39, 0.29) is 19.0 Å². The van der Waals surface area contributed by atoms with E-state index in [1.54, 1.807) is 0 Å². The SMILES string of the molecule is CCOc1ccc(CNCCOCCO)cc1.Cl. The lowest BCUT2D eigenvalue weighted by atomic mass is 10.2. The summed E-state index contributed by atoms with van der Waals surface area (Å²) in [5, 5.41) is 11.8. The van der Waals surface area contributed by atoms with Crippen molar-refractivity contribution < 1.29 is 14.6 Å². The first-order valence-electron chi connectivity index (χ1n) is 5.98. The molecule has 0 amide bonds. The first-order valence-corrected chi connectivity index (χ1v) is 5.98. The molecular formula is C13H22ClNO3. The molecule has 0 saturated heterocycles. The highest BCUT2D eigenvalue weighted by atomic mass is 35.5. The fourth-order valence-electron chi connectivity index (χ4n) is 1.41. The Morgan fingerprint density at radius 3 is 2.50 bits per heavy atom. The molecule has 0 spiro atoms. The lowest BCUT2D eigenvalue weighted by Gasteiger charge is -2.07. The third-order valence-electron chi connectivity index (χ3n) is 2.22. The van der Waals surface area contributed by atoms with Crippen LogP contribution in [0.3, 0.4) is 0 Å². The summed E-state index contributed by atoms with van der Waals surface area (Å²) >= 11 is 0. The van der Waals surface area contributed by atoms with Crippen LogP contribution in [0.1, 0.15) is 12.5 Å². The van der Waals surface area contributed by atoms with Crippen molar-refractivity contribution in [2.45, 2.75) is 13.5 Å².